The molecule has 0 saturated carbocycles. The van der Waals surface area contributed by atoms with E-state index in [9.17, 15) is 12.8 Å². The number of halogens is 1. The summed E-state index contributed by atoms with van der Waals surface area (Å²) in [5, 5.41) is 2.97. The number of anilines is 1. The molecule has 100 valence electrons. The molecule has 1 aromatic carbocycles. The van der Waals surface area contributed by atoms with Gasteiger partial charge in [0.15, 0.2) is 9.84 Å². The van der Waals surface area contributed by atoms with Crippen LogP contribution >= 0.6 is 0 Å². The third-order valence-electron chi connectivity index (χ3n) is 3.03. The fourth-order valence-corrected chi connectivity index (χ4v) is 3.29. The van der Waals surface area contributed by atoms with Crippen molar-refractivity contribution in [2.45, 2.75) is 6.54 Å². The monoisotopic (exact) mass is 272 g/mol. The van der Waals surface area contributed by atoms with E-state index in [2.05, 4.69) is 5.32 Å². The lowest BCUT2D eigenvalue weighted by Crippen LogP contribution is -2.40. The molecule has 18 heavy (non-hydrogen) atoms. The molecular formula is C12H17FN2O2S. The third-order valence-corrected chi connectivity index (χ3v) is 4.64. The number of hydrogen-bond donors (Lipinski definition) is 1. The van der Waals surface area contributed by atoms with Crippen molar-refractivity contribution in [1.82, 2.24) is 5.32 Å². The van der Waals surface area contributed by atoms with Crippen molar-refractivity contribution >= 4 is 15.5 Å². The Morgan fingerprint density at radius 3 is 2.56 bits per heavy atom. The Kier molecular flexibility index (Phi) is 3.87. The zero-order chi connectivity index (χ0) is 13.2. The first-order valence-corrected chi connectivity index (χ1v) is 7.72. The number of rotatable bonds is 3. The standard InChI is InChI=1S/C12H17FN2O2S/c1-14-9-10-6-11(13)8-12(7-10)15-2-4-18(16,17)5-3-15/h6-8,14H,2-5,9H2,1H3. The van der Waals surface area contributed by atoms with Crippen LogP contribution in [-0.2, 0) is 16.4 Å². The van der Waals surface area contributed by atoms with Crippen molar-refractivity contribution in [1.29, 1.82) is 0 Å². The highest BCUT2D eigenvalue weighted by molar-refractivity contribution is 7.91. The van der Waals surface area contributed by atoms with Crippen LogP contribution in [0.5, 0.6) is 0 Å². The fourth-order valence-electron chi connectivity index (χ4n) is 2.09. The summed E-state index contributed by atoms with van der Waals surface area (Å²) in [4.78, 5) is 1.92. The van der Waals surface area contributed by atoms with Gasteiger partial charge in [-0.3, -0.25) is 0 Å². The molecule has 0 atom stereocenters. The highest BCUT2D eigenvalue weighted by atomic mass is 32.2. The van der Waals surface area contributed by atoms with Crippen LogP contribution in [0, 0.1) is 5.82 Å². The Balaban J connectivity index is 2.18. The molecule has 2 rings (SSSR count). The van der Waals surface area contributed by atoms with E-state index in [-0.39, 0.29) is 17.3 Å². The molecule has 4 nitrogen and oxygen atoms in total. The normalized spacial score (nSPS) is 18.9. The average molecular weight is 272 g/mol. The summed E-state index contributed by atoms with van der Waals surface area (Å²) in [7, 11) is -1.10. The Hall–Kier alpha value is -1.14. The van der Waals surface area contributed by atoms with Crippen molar-refractivity contribution < 1.29 is 12.8 Å². The lowest BCUT2D eigenvalue weighted by molar-refractivity contribution is 0.586. The number of sulfone groups is 1. The first kappa shape index (κ1) is 13.3. The molecule has 1 fully saturated rings. The van der Waals surface area contributed by atoms with E-state index in [1.54, 1.807) is 7.05 Å². The Morgan fingerprint density at radius 2 is 1.94 bits per heavy atom. The topological polar surface area (TPSA) is 49.4 Å². The van der Waals surface area contributed by atoms with Crippen LogP contribution in [0.15, 0.2) is 18.2 Å². The smallest absolute Gasteiger partial charge is 0.153 e. The van der Waals surface area contributed by atoms with Crippen LogP contribution in [0.3, 0.4) is 0 Å². The van der Waals surface area contributed by atoms with Gasteiger partial charge >= 0.3 is 0 Å². The van der Waals surface area contributed by atoms with Crippen LogP contribution in [0.4, 0.5) is 10.1 Å². The molecule has 0 aromatic heterocycles. The maximum absolute atomic E-state index is 13.5. The highest BCUT2D eigenvalue weighted by Gasteiger charge is 2.22. The quantitative estimate of drug-likeness (QED) is 0.883. The van der Waals surface area contributed by atoms with Crippen molar-refractivity contribution in [2.24, 2.45) is 0 Å². The van der Waals surface area contributed by atoms with E-state index in [1.807, 2.05) is 11.0 Å². The molecule has 1 N–H and O–H groups in total. The number of nitrogens with one attached hydrogen (secondary N) is 1. The highest BCUT2D eigenvalue weighted by Crippen LogP contribution is 2.20. The minimum Gasteiger partial charge on any atom is -0.369 e. The van der Waals surface area contributed by atoms with Crippen LogP contribution in [-0.4, -0.2) is 40.1 Å². The largest absolute Gasteiger partial charge is 0.369 e. The maximum atomic E-state index is 13.5. The molecule has 0 bridgehead atoms. The predicted octanol–water partition coefficient (Wildman–Crippen LogP) is 0.780. The maximum Gasteiger partial charge on any atom is 0.153 e. The van der Waals surface area contributed by atoms with Gasteiger partial charge in [0, 0.05) is 25.3 Å². The van der Waals surface area contributed by atoms with Gasteiger partial charge in [-0.15, -0.1) is 0 Å². The molecule has 0 spiro atoms. The molecule has 1 aliphatic heterocycles. The molecule has 1 aromatic rings. The zero-order valence-corrected chi connectivity index (χ0v) is 11.1. The zero-order valence-electron chi connectivity index (χ0n) is 10.3. The first-order chi connectivity index (χ1) is 8.50. The summed E-state index contributed by atoms with van der Waals surface area (Å²) in [6, 6.07) is 4.84. The summed E-state index contributed by atoms with van der Waals surface area (Å²) >= 11 is 0. The van der Waals surface area contributed by atoms with Crippen molar-refractivity contribution in [3.8, 4) is 0 Å². The van der Waals surface area contributed by atoms with Gasteiger partial charge in [-0.1, -0.05) is 0 Å². The van der Waals surface area contributed by atoms with Gasteiger partial charge in [0.2, 0.25) is 0 Å². The van der Waals surface area contributed by atoms with Crippen LogP contribution in [0.1, 0.15) is 5.56 Å². The summed E-state index contributed by atoms with van der Waals surface area (Å²) < 4.78 is 36.2. The van der Waals surface area contributed by atoms with Gasteiger partial charge in [-0.25, -0.2) is 12.8 Å². The van der Waals surface area contributed by atoms with Crippen LogP contribution in [0.25, 0.3) is 0 Å². The minimum absolute atomic E-state index is 0.144. The Labute approximate surface area is 107 Å². The van der Waals surface area contributed by atoms with Gasteiger partial charge in [0.25, 0.3) is 0 Å². The fraction of sp³-hybridized carbons (Fsp3) is 0.500. The van der Waals surface area contributed by atoms with E-state index >= 15 is 0 Å². The van der Waals surface area contributed by atoms with E-state index < -0.39 is 9.84 Å². The van der Waals surface area contributed by atoms with Crippen LogP contribution < -0.4 is 10.2 Å². The summed E-state index contributed by atoms with van der Waals surface area (Å²) in [5.74, 6) is 0.00151. The molecule has 1 aliphatic rings. The van der Waals surface area contributed by atoms with Crippen molar-refractivity contribution in [2.75, 3.05) is 36.5 Å². The minimum atomic E-state index is -2.90. The second-order valence-corrected chi connectivity index (χ2v) is 6.79. The molecule has 0 unspecified atom stereocenters. The number of hydrogen-bond acceptors (Lipinski definition) is 4. The molecule has 0 amide bonds. The van der Waals surface area contributed by atoms with Gasteiger partial charge in [0.05, 0.1) is 11.5 Å². The van der Waals surface area contributed by atoms with Gasteiger partial charge in [0.1, 0.15) is 5.82 Å². The Morgan fingerprint density at radius 1 is 1.28 bits per heavy atom. The molecule has 0 aliphatic carbocycles. The molecule has 1 heterocycles. The number of nitrogens with zero attached hydrogens (tertiary/aromatic N) is 1. The van der Waals surface area contributed by atoms with Crippen molar-refractivity contribution in [3.63, 3.8) is 0 Å². The first-order valence-electron chi connectivity index (χ1n) is 5.89. The third kappa shape index (κ3) is 3.20. The number of benzene rings is 1. The molecule has 0 radical (unpaired) electrons. The lowest BCUT2D eigenvalue weighted by Gasteiger charge is -2.29. The van der Waals surface area contributed by atoms with Crippen molar-refractivity contribution in [3.05, 3.63) is 29.6 Å². The van der Waals surface area contributed by atoms with Gasteiger partial charge in [-0.2, -0.15) is 0 Å². The summed E-state index contributed by atoms with van der Waals surface area (Å²) in [6.07, 6.45) is 0. The van der Waals surface area contributed by atoms with Gasteiger partial charge in [-0.05, 0) is 30.8 Å². The van der Waals surface area contributed by atoms with E-state index in [4.69, 9.17) is 0 Å². The SMILES string of the molecule is CNCc1cc(F)cc(N2CCS(=O)(=O)CC2)c1. The van der Waals surface area contributed by atoms with Crippen LogP contribution in [0.2, 0.25) is 0 Å². The molecular weight excluding hydrogens is 255 g/mol. The van der Waals surface area contributed by atoms with E-state index in [1.165, 1.54) is 12.1 Å². The Bertz CT molecular complexity index is 517. The second-order valence-electron chi connectivity index (χ2n) is 4.49. The van der Waals surface area contributed by atoms with E-state index in [0.29, 0.717) is 19.6 Å². The summed E-state index contributed by atoms with van der Waals surface area (Å²) in [5.41, 5.74) is 1.62. The average Bonchev–Trinajstić information content (AvgIpc) is 2.28. The predicted molar refractivity (Wildman–Crippen MR) is 70.0 cm³/mol. The summed E-state index contributed by atoms with van der Waals surface area (Å²) in [6.45, 7) is 1.46. The molecule has 6 heteroatoms. The lowest BCUT2D eigenvalue weighted by atomic mass is 10.1. The second kappa shape index (κ2) is 5.24. The molecule has 1 saturated heterocycles. The van der Waals surface area contributed by atoms with E-state index in [0.717, 1.165) is 11.3 Å². The van der Waals surface area contributed by atoms with Gasteiger partial charge < -0.3 is 10.2 Å².